The van der Waals surface area contributed by atoms with Crippen molar-refractivity contribution in [2.45, 2.75) is 33.0 Å². The molecule has 0 radical (unpaired) electrons. The van der Waals surface area contributed by atoms with Crippen molar-refractivity contribution < 1.29 is 31.3 Å². The van der Waals surface area contributed by atoms with E-state index < -0.39 is 21.8 Å². The minimum absolute atomic E-state index is 0.0948. The molecule has 0 unspecified atom stereocenters. The number of fused-ring (bicyclic) bond motifs is 1. The van der Waals surface area contributed by atoms with E-state index in [1.807, 2.05) is 6.92 Å². The molecule has 16 heteroatoms. The van der Waals surface area contributed by atoms with Crippen LogP contribution in [0.15, 0.2) is 42.9 Å². The molecule has 13 nitrogen and oxygen atoms in total. The average molecular weight is 605 g/mol. The predicted octanol–water partition coefficient (Wildman–Crippen LogP) is 2.97. The van der Waals surface area contributed by atoms with Crippen LogP contribution < -0.4 is 5.32 Å². The summed E-state index contributed by atoms with van der Waals surface area (Å²) in [5, 5.41) is 7.24. The minimum atomic E-state index is -3.66. The highest BCUT2D eigenvalue weighted by Gasteiger charge is 2.35. The standard InChI is InChI=1S/C24H24F2N8O2.C2H6O3S/c1-14-9-27-24(30-20-6-7-28-32(20)2)31-21(14)19-12-33-11-16(13-36-3)34(23(35)22(33)29-19)10-15-4-5-17(25)18(26)8-15;1-2-6(3,4)5/h4-9,12,16H,10-11,13H2,1-3H3,(H,27,30,31);2H2,1H3,(H,3,4,5)/t16-;/m1./s1. The number of amides is 1. The summed E-state index contributed by atoms with van der Waals surface area (Å²) in [6, 6.07) is 5.09. The summed E-state index contributed by atoms with van der Waals surface area (Å²) in [5.74, 6) is -1.10. The number of anilines is 2. The van der Waals surface area contributed by atoms with E-state index in [9.17, 15) is 22.0 Å². The van der Waals surface area contributed by atoms with Crippen molar-refractivity contribution in [2.24, 2.45) is 7.05 Å². The Morgan fingerprint density at radius 1 is 1.19 bits per heavy atom. The molecule has 1 aromatic carbocycles. The lowest BCUT2D eigenvalue weighted by atomic mass is 10.1. The second kappa shape index (κ2) is 12.7. The normalized spacial score (nSPS) is 14.8. The van der Waals surface area contributed by atoms with Gasteiger partial charge in [-0.1, -0.05) is 6.07 Å². The van der Waals surface area contributed by atoms with Crippen LogP contribution in [-0.2, 0) is 35.0 Å². The molecule has 0 saturated heterocycles. The number of nitrogens with one attached hydrogen (secondary N) is 1. The molecule has 0 spiro atoms. The molecule has 4 aromatic rings. The fourth-order valence-electron chi connectivity index (χ4n) is 4.20. The number of rotatable bonds is 8. The van der Waals surface area contributed by atoms with E-state index in [1.165, 1.54) is 13.0 Å². The first-order valence-electron chi connectivity index (χ1n) is 12.7. The third kappa shape index (κ3) is 7.13. The van der Waals surface area contributed by atoms with Crippen LogP contribution in [0.3, 0.4) is 0 Å². The van der Waals surface area contributed by atoms with Crippen LogP contribution in [0.25, 0.3) is 11.4 Å². The van der Waals surface area contributed by atoms with Crippen LogP contribution in [0, 0.1) is 18.6 Å². The Morgan fingerprint density at radius 3 is 2.55 bits per heavy atom. The van der Waals surface area contributed by atoms with E-state index in [0.29, 0.717) is 29.4 Å². The van der Waals surface area contributed by atoms with Gasteiger partial charge in [0.2, 0.25) is 5.95 Å². The lowest BCUT2D eigenvalue weighted by Gasteiger charge is -2.35. The minimum Gasteiger partial charge on any atom is -0.382 e. The molecule has 3 aromatic heterocycles. The highest BCUT2D eigenvalue weighted by molar-refractivity contribution is 7.85. The molecule has 0 bridgehead atoms. The van der Waals surface area contributed by atoms with Crippen molar-refractivity contribution in [3.63, 3.8) is 0 Å². The van der Waals surface area contributed by atoms with Crippen LogP contribution in [0.2, 0.25) is 0 Å². The fourth-order valence-corrected chi connectivity index (χ4v) is 4.20. The Bertz CT molecular complexity index is 1690. The maximum atomic E-state index is 13.8. The average Bonchev–Trinajstić information content (AvgIpc) is 3.55. The lowest BCUT2D eigenvalue weighted by Crippen LogP contribution is -2.49. The molecule has 0 fully saturated rings. The summed E-state index contributed by atoms with van der Waals surface area (Å²) in [6.07, 6.45) is 5.13. The molecular weight excluding hydrogens is 574 g/mol. The van der Waals surface area contributed by atoms with E-state index in [4.69, 9.17) is 9.29 Å². The van der Waals surface area contributed by atoms with E-state index >= 15 is 0 Å². The topological polar surface area (TPSA) is 157 Å². The predicted molar refractivity (Wildman–Crippen MR) is 148 cm³/mol. The van der Waals surface area contributed by atoms with E-state index in [1.54, 1.807) is 53.0 Å². The van der Waals surface area contributed by atoms with Gasteiger partial charge in [0.1, 0.15) is 11.5 Å². The second-order valence-electron chi connectivity index (χ2n) is 9.45. The molecule has 1 aliphatic heterocycles. The smallest absolute Gasteiger partial charge is 0.290 e. The maximum absolute atomic E-state index is 13.8. The van der Waals surface area contributed by atoms with Crippen molar-refractivity contribution >= 4 is 27.8 Å². The molecule has 1 atom stereocenters. The number of ether oxygens (including phenoxy) is 1. The van der Waals surface area contributed by atoms with Gasteiger partial charge in [0.25, 0.3) is 16.0 Å². The number of methoxy groups -OCH3 is 1. The number of benzene rings is 1. The van der Waals surface area contributed by atoms with Gasteiger partial charge in [0.05, 0.1) is 30.3 Å². The molecule has 0 saturated carbocycles. The van der Waals surface area contributed by atoms with Gasteiger partial charge >= 0.3 is 0 Å². The van der Waals surface area contributed by atoms with Crippen LogP contribution in [0.1, 0.15) is 28.7 Å². The highest BCUT2D eigenvalue weighted by atomic mass is 32.2. The summed E-state index contributed by atoms with van der Waals surface area (Å²) in [6.45, 7) is 4.03. The summed E-state index contributed by atoms with van der Waals surface area (Å²) < 4.78 is 62.9. The molecule has 0 aliphatic carbocycles. The first-order valence-corrected chi connectivity index (χ1v) is 14.4. The number of nitrogens with zero attached hydrogens (tertiary/aromatic N) is 7. The number of hydrogen-bond donors (Lipinski definition) is 2. The summed E-state index contributed by atoms with van der Waals surface area (Å²) in [7, 11) is -0.310. The van der Waals surface area contributed by atoms with Crippen LogP contribution in [-0.4, -0.2) is 78.6 Å². The van der Waals surface area contributed by atoms with Gasteiger partial charge in [0.15, 0.2) is 17.5 Å². The van der Waals surface area contributed by atoms with Crippen LogP contribution in [0.4, 0.5) is 20.5 Å². The van der Waals surface area contributed by atoms with Crippen molar-refractivity contribution in [1.29, 1.82) is 0 Å². The zero-order valence-electron chi connectivity index (χ0n) is 23.3. The lowest BCUT2D eigenvalue weighted by molar-refractivity contribution is 0.0379. The number of hydrogen-bond acceptors (Lipinski definition) is 9. The zero-order valence-corrected chi connectivity index (χ0v) is 24.1. The van der Waals surface area contributed by atoms with E-state index in [0.717, 1.165) is 23.5 Å². The fraction of sp³-hybridized carbons (Fsp3) is 0.346. The summed E-state index contributed by atoms with van der Waals surface area (Å²) >= 11 is 0. The van der Waals surface area contributed by atoms with Crippen molar-refractivity contribution in [3.05, 3.63) is 71.4 Å². The Balaban J connectivity index is 0.000000612. The van der Waals surface area contributed by atoms with Crippen molar-refractivity contribution in [2.75, 3.05) is 24.8 Å². The quantitative estimate of drug-likeness (QED) is 0.287. The monoisotopic (exact) mass is 604 g/mol. The maximum Gasteiger partial charge on any atom is 0.290 e. The van der Waals surface area contributed by atoms with Crippen LogP contribution in [0.5, 0.6) is 0 Å². The molecule has 1 amide bonds. The molecular formula is C26H30F2N8O5S. The highest BCUT2D eigenvalue weighted by Crippen LogP contribution is 2.27. The summed E-state index contributed by atoms with van der Waals surface area (Å²) in [4.78, 5) is 28.6. The van der Waals surface area contributed by atoms with Crippen molar-refractivity contribution in [3.8, 4) is 11.4 Å². The third-order valence-corrected chi connectivity index (χ3v) is 7.14. The molecule has 1 aliphatic rings. The van der Waals surface area contributed by atoms with Gasteiger partial charge in [-0.15, -0.1) is 0 Å². The molecule has 4 heterocycles. The Labute approximate surface area is 240 Å². The molecule has 42 heavy (non-hydrogen) atoms. The van der Waals surface area contributed by atoms with Gasteiger partial charge in [-0.05, 0) is 37.1 Å². The number of halogens is 2. The molecule has 5 rings (SSSR count). The molecule has 2 N–H and O–H groups in total. The number of aromatic nitrogens is 6. The number of imidazole rings is 1. The number of carbonyl (C=O) groups excluding carboxylic acids is 1. The second-order valence-corrected chi connectivity index (χ2v) is 11.2. The Morgan fingerprint density at radius 2 is 1.93 bits per heavy atom. The zero-order chi connectivity index (χ0) is 30.6. The SMILES string of the molecule is CCS(=O)(=O)O.COC[C@H]1Cn2cc(-c3nc(Nc4ccnn4C)ncc3C)nc2C(=O)N1Cc1ccc(F)c(F)c1. The van der Waals surface area contributed by atoms with Gasteiger partial charge in [-0.2, -0.15) is 13.5 Å². The van der Waals surface area contributed by atoms with Crippen molar-refractivity contribution in [1.82, 2.24) is 34.2 Å². The van der Waals surface area contributed by atoms with Gasteiger partial charge in [0, 0.05) is 45.7 Å². The Kier molecular flexibility index (Phi) is 9.28. The van der Waals surface area contributed by atoms with E-state index in [2.05, 4.69) is 25.4 Å². The number of aryl methyl sites for hydroxylation is 2. The molecule has 224 valence electrons. The first-order chi connectivity index (χ1) is 19.9. The van der Waals surface area contributed by atoms with E-state index in [-0.39, 0.29) is 36.7 Å². The first kappa shape index (κ1) is 30.7. The van der Waals surface area contributed by atoms with Gasteiger partial charge in [-0.3, -0.25) is 14.0 Å². The third-order valence-electron chi connectivity index (χ3n) is 6.41. The van der Waals surface area contributed by atoms with Gasteiger partial charge < -0.3 is 19.5 Å². The van der Waals surface area contributed by atoms with Crippen LogP contribution >= 0.6 is 0 Å². The summed E-state index contributed by atoms with van der Waals surface area (Å²) in [5.41, 5.74) is 2.37. The number of carbonyl (C=O) groups is 1. The largest absolute Gasteiger partial charge is 0.382 e. The van der Waals surface area contributed by atoms with Gasteiger partial charge in [-0.25, -0.2) is 23.7 Å². The Hall–Kier alpha value is -4.28.